The van der Waals surface area contributed by atoms with Crippen LogP contribution in [0.5, 0.6) is 0 Å². The summed E-state index contributed by atoms with van der Waals surface area (Å²) >= 11 is 0. The van der Waals surface area contributed by atoms with Gasteiger partial charge in [-0.15, -0.1) is 0 Å². The molecule has 0 bridgehead atoms. The number of aliphatic hydroxyl groups is 1. The Morgan fingerprint density at radius 2 is 1.59 bits per heavy atom. The van der Waals surface area contributed by atoms with E-state index < -0.39 is 0 Å². The Bertz CT molecular complexity index is 491. The summed E-state index contributed by atoms with van der Waals surface area (Å²) in [4.78, 5) is 0. The predicted molar refractivity (Wildman–Crippen MR) is 127 cm³/mol. The van der Waals surface area contributed by atoms with Gasteiger partial charge in [0.15, 0.2) is 0 Å². The maximum absolute atomic E-state index is 10.5. The monoisotopic (exact) mass is 406 g/mol. The molecular weight excluding hydrogens is 356 g/mol. The molecular formula is C27H50O2. The van der Waals surface area contributed by atoms with E-state index in [0.717, 1.165) is 37.0 Å². The Balaban J connectivity index is 2.49. The fourth-order valence-corrected chi connectivity index (χ4v) is 4.17. The maximum atomic E-state index is 10.5. The van der Waals surface area contributed by atoms with Crippen LogP contribution in [-0.2, 0) is 4.74 Å². The van der Waals surface area contributed by atoms with E-state index in [1.54, 1.807) is 0 Å². The van der Waals surface area contributed by atoms with Crippen LogP contribution in [0.25, 0.3) is 0 Å². The highest BCUT2D eigenvalue weighted by Crippen LogP contribution is 2.34. The Hall–Kier alpha value is -0.760. The lowest BCUT2D eigenvalue weighted by molar-refractivity contribution is 0.154. The molecule has 1 N–H and O–H groups in total. The van der Waals surface area contributed by atoms with E-state index in [4.69, 9.17) is 4.74 Å². The van der Waals surface area contributed by atoms with E-state index in [-0.39, 0.29) is 12.0 Å². The smallest absolute Gasteiger partial charge is 0.121 e. The average Bonchev–Trinajstić information content (AvgIpc) is 2.71. The summed E-state index contributed by atoms with van der Waals surface area (Å²) in [6.45, 7) is 14.4. The van der Waals surface area contributed by atoms with Crippen molar-refractivity contribution in [3.8, 4) is 0 Å². The van der Waals surface area contributed by atoms with Gasteiger partial charge in [0.1, 0.15) is 5.76 Å². The normalized spacial score (nSPS) is 21.8. The largest absolute Gasteiger partial charge is 0.493 e. The fourth-order valence-electron chi connectivity index (χ4n) is 4.17. The summed E-state index contributed by atoms with van der Waals surface area (Å²) < 4.78 is 6.29. The van der Waals surface area contributed by atoms with Crippen LogP contribution in [0, 0.1) is 17.8 Å². The third kappa shape index (κ3) is 10.2. The van der Waals surface area contributed by atoms with Gasteiger partial charge < -0.3 is 9.84 Å². The van der Waals surface area contributed by atoms with Crippen LogP contribution < -0.4 is 0 Å². The highest BCUT2D eigenvalue weighted by atomic mass is 16.5. The zero-order valence-electron chi connectivity index (χ0n) is 20.4. The third-order valence-corrected chi connectivity index (χ3v) is 6.96. The fraction of sp³-hybridized carbons (Fsp3) is 0.852. The van der Waals surface area contributed by atoms with Gasteiger partial charge in [-0.3, -0.25) is 0 Å². The maximum Gasteiger partial charge on any atom is 0.121 e. The second-order valence-corrected chi connectivity index (χ2v) is 9.69. The molecule has 0 saturated carbocycles. The summed E-state index contributed by atoms with van der Waals surface area (Å²) in [6, 6.07) is 0. The number of hydrogen-bond acceptors (Lipinski definition) is 2. The van der Waals surface area contributed by atoms with Crippen molar-refractivity contribution in [3.63, 3.8) is 0 Å². The van der Waals surface area contributed by atoms with Crippen molar-refractivity contribution < 1.29 is 9.84 Å². The minimum atomic E-state index is -0.368. The number of hydrogen-bond donors (Lipinski definition) is 1. The lowest BCUT2D eigenvalue weighted by Crippen LogP contribution is -2.23. The molecule has 2 nitrogen and oxygen atoms in total. The zero-order valence-corrected chi connectivity index (χ0v) is 20.4. The van der Waals surface area contributed by atoms with Crippen molar-refractivity contribution >= 4 is 0 Å². The molecule has 1 rings (SSSR count). The van der Waals surface area contributed by atoms with E-state index in [1.165, 1.54) is 75.4 Å². The first-order valence-electron chi connectivity index (χ1n) is 12.6. The standard InChI is InChI=1S/C27H50O2/c1-7-9-10-11-12-13-19-29-27-24(6)23(5)26(28)20-25(27)18-17-22(4)16-14-15-21(3)8-2/h20-23,26,28H,7-19H2,1-6H3. The van der Waals surface area contributed by atoms with Gasteiger partial charge in [0.25, 0.3) is 0 Å². The van der Waals surface area contributed by atoms with Crippen molar-refractivity contribution in [2.24, 2.45) is 17.8 Å². The van der Waals surface area contributed by atoms with Crippen molar-refractivity contribution in [3.05, 3.63) is 23.0 Å². The average molecular weight is 407 g/mol. The molecule has 1 aliphatic rings. The molecule has 0 aromatic carbocycles. The van der Waals surface area contributed by atoms with Gasteiger partial charge in [-0.05, 0) is 55.2 Å². The molecule has 0 heterocycles. The molecule has 0 saturated heterocycles. The van der Waals surface area contributed by atoms with E-state index in [0.29, 0.717) is 0 Å². The molecule has 0 aromatic heterocycles. The van der Waals surface area contributed by atoms with E-state index in [9.17, 15) is 5.11 Å². The molecule has 4 unspecified atom stereocenters. The molecule has 4 atom stereocenters. The van der Waals surface area contributed by atoms with Gasteiger partial charge in [-0.1, -0.05) is 92.4 Å². The van der Waals surface area contributed by atoms with Crippen molar-refractivity contribution in [1.82, 2.24) is 0 Å². The molecule has 0 amide bonds. The molecule has 170 valence electrons. The lowest BCUT2D eigenvalue weighted by atomic mass is 9.84. The zero-order chi connectivity index (χ0) is 21.6. The Morgan fingerprint density at radius 1 is 0.931 bits per heavy atom. The van der Waals surface area contributed by atoms with Crippen LogP contribution in [0.2, 0.25) is 0 Å². The number of aliphatic hydroxyl groups excluding tert-OH is 1. The number of unbranched alkanes of at least 4 members (excludes halogenated alkanes) is 5. The van der Waals surface area contributed by atoms with Crippen molar-refractivity contribution in [1.29, 1.82) is 0 Å². The lowest BCUT2D eigenvalue weighted by Gasteiger charge is -2.29. The van der Waals surface area contributed by atoms with Crippen LogP contribution in [0.1, 0.15) is 119 Å². The first-order valence-corrected chi connectivity index (χ1v) is 12.6. The molecule has 29 heavy (non-hydrogen) atoms. The van der Waals surface area contributed by atoms with Gasteiger partial charge in [0.2, 0.25) is 0 Å². The Kier molecular flexibility index (Phi) is 13.7. The van der Waals surface area contributed by atoms with E-state index >= 15 is 0 Å². The van der Waals surface area contributed by atoms with E-state index in [2.05, 4.69) is 47.6 Å². The molecule has 1 aliphatic carbocycles. The van der Waals surface area contributed by atoms with Crippen LogP contribution >= 0.6 is 0 Å². The predicted octanol–water partition coefficient (Wildman–Crippen LogP) is 8.21. The minimum absolute atomic E-state index is 0.159. The van der Waals surface area contributed by atoms with Gasteiger partial charge in [0.05, 0.1) is 12.7 Å². The summed E-state index contributed by atoms with van der Waals surface area (Å²) in [5, 5.41) is 10.5. The summed E-state index contributed by atoms with van der Waals surface area (Å²) in [6.07, 6.45) is 16.9. The third-order valence-electron chi connectivity index (χ3n) is 6.96. The molecule has 0 aliphatic heterocycles. The molecule has 0 fully saturated rings. The highest BCUT2D eigenvalue weighted by molar-refractivity contribution is 5.37. The summed E-state index contributed by atoms with van der Waals surface area (Å²) in [7, 11) is 0. The molecule has 0 aromatic rings. The molecule has 0 spiro atoms. The van der Waals surface area contributed by atoms with Gasteiger partial charge >= 0.3 is 0 Å². The Labute approximate surface area is 182 Å². The topological polar surface area (TPSA) is 29.5 Å². The van der Waals surface area contributed by atoms with Gasteiger partial charge in [0, 0.05) is 5.92 Å². The summed E-state index contributed by atoms with van der Waals surface area (Å²) in [5.74, 6) is 2.83. The highest BCUT2D eigenvalue weighted by Gasteiger charge is 2.26. The molecule has 2 heteroatoms. The van der Waals surface area contributed by atoms with Gasteiger partial charge in [-0.25, -0.2) is 0 Å². The van der Waals surface area contributed by atoms with Gasteiger partial charge in [-0.2, -0.15) is 0 Å². The van der Waals surface area contributed by atoms with Crippen molar-refractivity contribution in [2.45, 2.75) is 125 Å². The second kappa shape index (κ2) is 15.1. The van der Waals surface area contributed by atoms with Crippen LogP contribution in [0.4, 0.5) is 0 Å². The Morgan fingerprint density at radius 3 is 2.28 bits per heavy atom. The number of ether oxygens (including phenoxy) is 1. The van der Waals surface area contributed by atoms with Crippen LogP contribution in [0.3, 0.4) is 0 Å². The number of rotatable bonds is 16. The first-order chi connectivity index (χ1) is 13.9. The van der Waals surface area contributed by atoms with Crippen LogP contribution in [-0.4, -0.2) is 17.8 Å². The van der Waals surface area contributed by atoms with E-state index in [1.807, 2.05) is 0 Å². The first kappa shape index (κ1) is 26.3. The van der Waals surface area contributed by atoms with Crippen molar-refractivity contribution in [2.75, 3.05) is 6.61 Å². The molecule has 0 radical (unpaired) electrons. The van der Waals surface area contributed by atoms with Crippen LogP contribution in [0.15, 0.2) is 23.0 Å². The SMILES string of the molecule is CCCCCCCCOC1=C(C)C(C)C(O)C=C1CCC(C)CCCC(C)CC. The number of allylic oxidation sites excluding steroid dienone is 1. The second-order valence-electron chi connectivity index (χ2n) is 9.69. The quantitative estimate of drug-likeness (QED) is 0.262. The minimum Gasteiger partial charge on any atom is -0.493 e. The summed E-state index contributed by atoms with van der Waals surface area (Å²) in [5.41, 5.74) is 2.47.